The lowest BCUT2D eigenvalue weighted by Crippen LogP contribution is -2.29. The van der Waals surface area contributed by atoms with E-state index in [1.165, 1.54) is 31.2 Å². The molecular formula is C16H14FNO3. The summed E-state index contributed by atoms with van der Waals surface area (Å²) in [5.41, 5.74) is 0.808. The molecule has 108 valence electrons. The molecule has 0 radical (unpaired) electrons. The second-order valence-electron chi connectivity index (χ2n) is 4.41. The molecule has 0 aliphatic heterocycles. The lowest BCUT2D eigenvalue weighted by atomic mass is 10.2. The number of carbonyl (C=O) groups excluding carboxylic acids is 2. The highest BCUT2D eigenvalue weighted by Crippen LogP contribution is 2.10. The number of hydrogen-bond donors (Lipinski definition) is 1. The Labute approximate surface area is 121 Å². The van der Waals surface area contributed by atoms with Crippen LogP contribution in [0.1, 0.15) is 17.3 Å². The Balaban J connectivity index is 1.93. The van der Waals surface area contributed by atoms with Gasteiger partial charge in [-0.3, -0.25) is 4.79 Å². The summed E-state index contributed by atoms with van der Waals surface area (Å²) in [4.78, 5) is 23.7. The number of carbonyl (C=O) groups is 2. The lowest BCUT2D eigenvalue weighted by molar-refractivity contribution is -0.123. The maximum absolute atomic E-state index is 12.8. The van der Waals surface area contributed by atoms with Crippen molar-refractivity contribution in [3.8, 4) is 0 Å². The van der Waals surface area contributed by atoms with Gasteiger partial charge in [0.1, 0.15) is 5.82 Å². The molecule has 0 aromatic heterocycles. The molecule has 1 atom stereocenters. The molecule has 2 aromatic rings. The molecule has 0 fully saturated rings. The third kappa shape index (κ3) is 4.14. The van der Waals surface area contributed by atoms with E-state index < -0.39 is 23.8 Å². The summed E-state index contributed by atoms with van der Waals surface area (Å²) in [7, 11) is 0. The van der Waals surface area contributed by atoms with E-state index >= 15 is 0 Å². The third-order valence-electron chi connectivity index (χ3n) is 2.77. The molecule has 0 aliphatic rings. The van der Waals surface area contributed by atoms with Gasteiger partial charge in [-0.15, -0.1) is 0 Å². The van der Waals surface area contributed by atoms with E-state index in [4.69, 9.17) is 4.74 Å². The van der Waals surface area contributed by atoms with E-state index in [1.807, 2.05) is 0 Å². The van der Waals surface area contributed by atoms with Gasteiger partial charge in [-0.25, -0.2) is 9.18 Å². The highest BCUT2D eigenvalue weighted by molar-refractivity contribution is 5.97. The van der Waals surface area contributed by atoms with Crippen molar-refractivity contribution in [1.82, 2.24) is 0 Å². The first kappa shape index (κ1) is 14.7. The molecule has 0 aliphatic carbocycles. The fraction of sp³-hybridized carbons (Fsp3) is 0.125. The summed E-state index contributed by atoms with van der Waals surface area (Å²) in [5.74, 6) is -1.44. The van der Waals surface area contributed by atoms with Crippen molar-refractivity contribution in [2.24, 2.45) is 0 Å². The van der Waals surface area contributed by atoms with Crippen LogP contribution in [0.25, 0.3) is 0 Å². The van der Waals surface area contributed by atoms with Crippen molar-refractivity contribution >= 4 is 17.6 Å². The minimum absolute atomic E-state index is 0.374. The van der Waals surface area contributed by atoms with Crippen molar-refractivity contribution in [2.45, 2.75) is 13.0 Å². The van der Waals surface area contributed by atoms with Gasteiger partial charge >= 0.3 is 5.97 Å². The average Bonchev–Trinajstić information content (AvgIpc) is 2.50. The first-order valence-corrected chi connectivity index (χ1v) is 6.39. The van der Waals surface area contributed by atoms with Gasteiger partial charge in [0, 0.05) is 5.69 Å². The summed E-state index contributed by atoms with van der Waals surface area (Å²) in [5, 5.41) is 2.54. The van der Waals surface area contributed by atoms with E-state index in [-0.39, 0.29) is 0 Å². The van der Waals surface area contributed by atoms with E-state index in [0.717, 1.165) is 0 Å². The third-order valence-corrected chi connectivity index (χ3v) is 2.77. The zero-order valence-corrected chi connectivity index (χ0v) is 11.4. The summed E-state index contributed by atoms with van der Waals surface area (Å²) < 4.78 is 17.8. The second kappa shape index (κ2) is 6.65. The predicted molar refractivity (Wildman–Crippen MR) is 76.3 cm³/mol. The number of hydrogen-bond acceptors (Lipinski definition) is 3. The Hall–Kier alpha value is -2.69. The maximum atomic E-state index is 12.8. The van der Waals surface area contributed by atoms with Crippen LogP contribution in [0.5, 0.6) is 0 Å². The monoisotopic (exact) mass is 287 g/mol. The van der Waals surface area contributed by atoms with Crippen molar-refractivity contribution < 1.29 is 18.7 Å². The second-order valence-corrected chi connectivity index (χ2v) is 4.41. The van der Waals surface area contributed by atoms with Crippen molar-refractivity contribution in [3.05, 3.63) is 66.0 Å². The van der Waals surface area contributed by atoms with Gasteiger partial charge in [-0.05, 0) is 43.3 Å². The van der Waals surface area contributed by atoms with E-state index in [2.05, 4.69) is 5.32 Å². The van der Waals surface area contributed by atoms with Crippen molar-refractivity contribution in [3.63, 3.8) is 0 Å². The Bertz CT molecular complexity index is 626. The van der Waals surface area contributed by atoms with Gasteiger partial charge in [-0.1, -0.05) is 18.2 Å². The minimum atomic E-state index is -0.956. The Morgan fingerprint density at radius 1 is 1.05 bits per heavy atom. The van der Waals surface area contributed by atoms with Crippen LogP contribution in [-0.4, -0.2) is 18.0 Å². The molecule has 0 bridgehead atoms. The molecule has 5 heteroatoms. The van der Waals surface area contributed by atoms with E-state index in [0.29, 0.717) is 11.3 Å². The molecular weight excluding hydrogens is 273 g/mol. The van der Waals surface area contributed by atoms with Gasteiger partial charge in [0.05, 0.1) is 5.56 Å². The molecule has 0 unspecified atom stereocenters. The smallest absolute Gasteiger partial charge is 0.338 e. The number of rotatable bonds is 4. The number of ether oxygens (including phenoxy) is 1. The predicted octanol–water partition coefficient (Wildman–Crippen LogP) is 3.01. The van der Waals surface area contributed by atoms with Crippen LogP contribution in [0.2, 0.25) is 0 Å². The number of nitrogens with one attached hydrogen (secondary N) is 1. The van der Waals surface area contributed by atoms with Crippen LogP contribution in [0.3, 0.4) is 0 Å². The molecule has 2 rings (SSSR count). The summed E-state index contributed by atoms with van der Waals surface area (Å²) in [6.45, 7) is 1.47. The minimum Gasteiger partial charge on any atom is -0.449 e. The standard InChI is InChI=1S/C16H14FNO3/c1-11(21-16(20)12-5-3-2-4-6-12)15(19)18-14-9-7-13(17)8-10-14/h2-11H,1H3,(H,18,19)/t11-/m1/s1. The number of benzene rings is 2. The SMILES string of the molecule is C[C@@H](OC(=O)c1ccccc1)C(=O)Nc1ccc(F)cc1. The molecule has 0 heterocycles. The molecule has 1 amide bonds. The van der Waals surface area contributed by atoms with Crippen molar-refractivity contribution in [2.75, 3.05) is 5.32 Å². The quantitative estimate of drug-likeness (QED) is 0.879. The first-order valence-electron chi connectivity index (χ1n) is 6.39. The van der Waals surface area contributed by atoms with Crippen LogP contribution >= 0.6 is 0 Å². The topological polar surface area (TPSA) is 55.4 Å². The van der Waals surface area contributed by atoms with Crippen molar-refractivity contribution in [1.29, 1.82) is 0 Å². The number of anilines is 1. The average molecular weight is 287 g/mol. The van der Waals surface area contributed by atoms with Gasteiger partial charge in [0.25, 0.3) is 5.91 Å². The van der Waals surface area contributed by atoms with E-state index in [1.54, 1.807) is 30.3 Å². The normalized spacial score (nSPS) is 11.5. The van der Waals surface area contributed by atoms with Gasteiger partial charge in [0.15, 0.2) is 6.10 Å². The largest absolute Gasteiger partial charge is 0.449 e. The molecule has 0 spiro atoms. The fourth-order valence-corrected chi connectivity index (χ4v) is 1.63. The van der Waals surface area contributed by atoms with Crippen LogP contribution in [0.15, 0.2) is 54.6 Å². The molecule has 1 N–H and O–H groups in total. The number of amides is 1. The summed E-state index contributed by atoms with van der Waals surface area (Å²) in [6, 6.07) is 13.7. The highest BCUT2D eigenvalue weighted by Gasteiger charge is 2.18. The Morgan fingerprint density at radius 3 is 2.29 bits per heavy atom. The molecule has 2 aromatic carbocycles. The lowest BCUT2D eigenvalue weighted by Gasteiger charge is -2.13. The molecule has 21 heavy (non-hydrogen) atoms. The molecule has 0 saturated heterocycles. The van der Waals surface area contributed by atoms with Crippen LogP contribution in [-0.2, 0) is 9.53 Å². The van der Waals surface area contributed by atoms with Gasteiger partial charge in [0.2, 0.25) is 0 Å². The maximum Gasteiger partial charge on any atom is 0.338 e. The fourth-order valence-electron chi connectivity index (χ4n) is 1.63. The summed E-state index contributed by atoms with van der Waals surface area (Å²) in [6.07, 6.45) is -0.956. The Morgan fingerprint density at radius 2 is 1.67 bits per heavy atom. The Kier molecular flexibility index (Phi) is 4.66. The zero-order valence-electron chi connectivity index (χ0n) is 11.4. The zero-order chi connectivity index (χ0) is 15.2. The van der Waals surface area contributed by atoms with Gasteiger partial charge in [-0.2, -0.15) is 0 Å². The van der Waals surface area contributed by atoms with E-state index in [9.17, 15) is 14.0 Å². The summed E-state index contributed by atoms with van der Waals surface area (Å²) >= 11 is 0. The highest BCUT2D eigenvalue weighted by atomic mass is 19.1. The van der Waals surface area contributed by atoms with Crippen LogP contribution < -0.4 is 5.32 Å². The number of esters is 1. The first-order chi connectivity index (χ1) is 10.1. The van der Waals surface area contributed by atoms with Crippen LogP contribution in [0.4, 0.5) is 10.1 Å². The molecule has 4 nitrogen and oxygen atoms in total. The van der Waals surface area contributed by atoms with Gasteiger partial charge < -0.3 is 10.1 Å². The van der Waals surface area contributed by atoms with Crippen LogP contribution in [0, 0.1) is 5.82 Å². The number of halogens is 1. The molecule has 0 saturated carbocycles.